The summed E-state index contributed by atoms with van der Waals surface area (Å²) in [6, 6.07) is -0.823. The SMILES string of the molecule is CC/C=C\C/C=C\C/C=C\C/C=C\C/C=C\C/C=C\C/C=C\C/C=C\C/C=C\C/C=C\C/C=C\CCCCCCCC(=O)NC(COP(=O)([O-])OCC[N+](C)(C)C)C(O)CCCCCCCCCCCCCCCCCCCCCCCCCCCCCCC. The Morgan fingerprint density at radius 3 is 0.989 bits per heavy atom. The molecule has 0 aromatic carbocycles. The van der Waals surface area contributed by atoms with Crippen LogP contribution in [0.2, 0.25) is 0 Å². The van der Waals surface area contributed by atoms with E-state index in [0.29, 0.717) is 23.9 Å². The number of phosphoric ester groups is 1. The summed E-state index contributed by atoms with van der Waals surface area (Å²) in [5.74, 6) is -0.185. The van der Waals surface area contributed by atoms with Gasteiger partial charge in [0.1, 0.15) is 13.2 Å². The van der Waals surface area contributed by atoms with Crippen molar-refractivity contribution in [1.82, 2.24) is 5.32 Å². The fourth-order valence-corrected chi connectivity index (χ4v) is 11.4. The van der Waals surface area contributed by atoms with Crippen LogP contribution < -0.4 is 10.2 Å². The van der Waals surface area contributed by atoms with Gasteiger partial charge in [-0.15, -0.1) is 0 Å². The molecule has 0 saturated carbocycles. The van der Waals surface area contributed by atoms with Gasteiger partial charge < -0.3 is 28.8 Å². The second-order valence-electron chi connectivity index (χ2n) is 26.3. The Morgan fingerprint density at radius 1 is 0.400 bits per heavy atom. The van der Waals surface area contributed by atoms with Gasteiger partial charge in [-0.1, -0.05) is 353 Å². The Kier molecular flexibility index (Phi) is 67.4. The second kappa shape index (κ2) is 70.0. The van der Waals surface area contributed by atoms with E-state index in [4.69, 9.17) is 9.05 Å². The summed E-state index contributed by atoms with van der Waals surface area (Å²) in [5, 5.41) is 14.1. The number of aliphatic hydroxyl groups excluding tert-OH is 1. The first-order valence-electron chi connectivity index (χ1n) is 37.5. The standard InChI is InChI=1S/C81H143N2O6P/c1-6-8-10-12-14-16-18-20-22-24-26-28-30-32-34-36-37-38-39-40-41-42-43-44-45-47-49-51-53-55-57-59-61-63-65-67-69-71-73-75-81(85)82-79(78-89-90(86,87)88-77-76-83(3,4)5)80(84)74-72-70-68-66-64-62-60-58-56-54-52-50-48-46-35-33-31-29-27-25-23-21-19-17-15-13-11-9-7-2/h8,10,14,16,20,22,26,28,32,34,37-38,40-41,43-44,47,49,53,55,59,61,79-80,84H,6-7,9,11-13,15,17-19,21,23-25,27,29-31,33,35-36,39,42,45-46,48,50-52,54,56-58,60,62-78H2,1-5H3,(H-,82,85,86,87)/b10-8-,16-14-,22-20-,28-26-,34-32-,38-37-,41-40-,44-43-,49-47-,55-53-,61-59-. The minimum Gasteiger partial charge on any atom is -0.756 e. The molecule has 0 saturated heterocycles. The molecular formula is C81H143N2O6P. The van der Waals surface area contributed by atoms with Crippen LogP contribution in [0, 0.1) is 0 Å². The third kappa shape index (κ3) is 72.1. The highest BCUT2D eigenvalue weighted by Gasteiger charge is 2.24. The maximum absolute atomic E-state index is 13.1. The van der Waals surface area contributed by atoms with Gasteiger partial charge in [0.25, 0.3) is 7.82 Å². The number of hydrogen-bond acceptors (Lipinski definition) is 6. The number of unbranched alkanes of at least 4 members (excludes halogenated alkanes) is 33. The van der Waals surface area contributed by atoms with E-state index in [9.17, 15) is 19.4 Å². The van der Waals surface area contributed by atoms with Crippen molar-refractivity contribution in [3.8, 4) is 0 Å². The molecule has 8 nitrogen and oxygen atoms in total. The zero-order valence-electron chi connectivity index (χ0n) is 59.3. The molecule has 0 radical (unpaired) electrons. The van der Waals surface area contributed by atoms with Crippen LogP contribution in [0.3, 0.4) is 0 Å². The van der Waals surface area contributed by atoms with E-state index in [2.05, 4.69) is 153 Å². The van der Waals surface area contributed by atoms with Crippen molar-refractivity contribution in [3.05, 3.63) is 134 Å². The number of allylic oxidation sites excluding steroid dienone is 22. The van der Waals surface area contributed by atoms with Gasteiger partial charge in [0, 0.05) is 6.42 Å². The molecule has 9 heteroatoms. The topological polar surface area (TPSA) is 108 Å². The Hall–Kier alpha value is -3.36. The first-order chi connectivity index (χ1) is 44.0. The molecule has 0 heterocycles. The van der Waals surface area contributed by atoms with Gasteiger partial charge in [0.15, 0.2) is 0 Å². The van der Waals surface area contributed by atoms with Crippen LogP contribution in [0.4, 0.5) is 0 Å². The molecule has 0 fully saturated rings. The third-order valence-corrected chi connectivity index (χ3v) is 17.4. The van der Waals surface area contributed by atoms with Gasteiger partial charge in [-0.05, 0) is 96.3 Å². The number of carbonyl (C=O) groups excluding carboxylic acids is 1. The number of aliphatic hydroxyl groups is 1. The highest BCUT2D eigenvalue weighted by molar-refractivity contribution is 7.45. The summed E-state index contributed by atoms with van der Waals surface area (Å²) >= 11 is 0. The maximum atomic E-state index is 13.1. The predicted octanol–water partition coefficient (Wildman–Crippen LogP) is 23.9. The van der Waals surface area contributed by atoms with Gasteiger partial charge in [0.05, 0.1) is 39.9 Å². The first kappa shape index (κ1) is 86.6. The summed E-state index contributed by atoms with van der Waals surface area (Å²) in [4.78, 5) is 25.7. The summed E-state index contributed by atoms with van der Waals surface area (Å²) in [5.41, 5.74) is 0. The molecule has 3 atom stereocenters. The van der Waals surface area contributed by atoms with E-state index in [-0.39, 0.29) is 19.1 Å². The van der Waals surface area contributed by atoms with Gasteiger partial charge in [-0.2, -0.15) is 0 Å². The maximum Gasteiger partial charge on any atom is 0.268 e. The number of rotatable bonds is 68. The quantitative estimate of drug-likeness (QED) is 0.0272. The van der Waals surface area contributed by atoms with Crippen molar-refractivity contribution in [2.75, 3.05) is 40.9 Å². The van der Waals surface area contributed by atoms with Crippen molar-refractivity contribution in [3.63, 3.8) is 0 Å². The molecule has 0 aromatic heterocycles. The van der Waals surface area contributed by atoms with Crippen LogP contribution >= 0.6 is 7.82 Å². The third-order valence-electron chi connectivity index (χ3n) is 16.4. The fourth-order valence-electron chi connectivity index (χ4n) is 10.6. The van der Waals surface area contributed by atoms with Crippen LogP contribution in [0.25, 0.3) is 0 Å². The monoisotopic (exact) mass is 1270 g/mol. The smallest absolute Gasteiger partial charge is 0.268 e. The summed E-state index contributed by atoms with van der Waals surface area (Å²) in [6.07, 6.45) is 105. The molecule has 518 valence electrons. The minimum atomic E-state index is -4.60. The number of quaternary nitrogens is 1. The summed E-state index contributed by atoms with van der Waals surface area (Å²) < 4.78 is 23.5. The Bertz CT molecular complexity index is 1930. The zero-order valence-corrected chi connectivity index (χ0v) is 60.2. The van der Waals surface area contributed by atoms with E-state index in [1.54, 1.807) is 0 Å². The number of nitrogens with zero attached hydrogens (tertiary/aromatic N) is 1. The Balaban J connectivity index is 4.12. The number of carbonyl (C=O) groups is 1. The minimum absolute atomic E-state index is 0.00193. The van der Waals surface area contributed by atoms with Crippen molar-refractivity contribution >= 4 is 13.7 Å². The van der Waals surface area contributed by atoms with E-state index >= 15 is 0 Å². The number of nitrogens with one attached hydrogen (secondary N) is 1. The lowest BCUT2D eigenvalue weighted by Crippen LogP contribution is -2.46. The molecule has 0 spiro atoms. The highest BCUT2D eigenvalue weighted by Crippen LogP contribution is 2.38. The van der Waals surface area contributed by atoms with Crippen molar-refractivity contribution in [2.45, 2.75) is 334 Å². The molecule has 0 aromatic rings. The van der Waals surface area contributed by atoms with Crippen molar-refractivity contribution < 1.29 is 32.9 Å². The van der Waals surface area contributed by atoms with E-state index < -0.39 is 20.0 Å². The molecule has 0 aliphatic carbocycles. The van der Waals surface area contributed by atoms with Crippen molar-refractivity contribution in [2.24, 2.45) is 0 Å². The van der Waals surface area contributed by atoms with E-state index in [1.165, 1.54) is 167 Å². The lowest BCUT2D eigenvalue weighted by molar-refractivity contribution is -0.870. The lowest BCUT2D eigenvalue weighted by atomic mass is 10.0. The van der Waals surface area contributed by atoms with Crippen LogP contribution in [-0.4, -0.2) is 68.5 Å². The fraction of sp³-hybridized carbons (Fsp3) is 0.716. The second-order valence-corrected chi connectivity index (χ2v) is 27.7. The molecule has 0 rings (SSSR count). The molecule has 2 N–H and O–H groups in total. The molecule has 3 unspecified atom stereocenters. The molecule has 90 heavy (non-hydrogen) atoms. The van der Waals surface area contributed by atoms with Crippen LogP contribution in [0.5, 0.6) is 0 Å². The van der Waals surface area contributed by atoms with Crippen LogP contribution in [0.15, 0.2) is 134 Å². The van der Waals surface area contributed by atoms with Crippen LogP contribution in [-0.2, 0) is 18.4 Å². The predicted molar refractivity (Wildman–Crippen MR) is 394 cm³/mol. The van der Waals surface area contributed by atoms with Crippen LogP contribution in [0.1, 0.15) is 322 Å². The molecule has 0 aliphatic heterocycles. The lowest BCUT2D eigenvalue weighted by Gasteiger charge is -2.30. The number of phosphoric acid groups is 1. The van der Waals surface area contributed by atoms with Gasteiger partial charge in [-0.3, -0.25) is 9.36 Å². The molecule has 0 bridgehead atoms. The average molecular weight is 1270 g/mol. The van der Waals surface area contributed by atoms with E-state index in [1.807, 2.05) is 21.1 Å². The largest absolute Gasteiger partial charge is 0.756 e. The highest BCUT2D eigenvalue weighted by atomic mass is 31.2. The van der Waals surface area contributed by atoms with Gasteiger partial charge in [-0.25, -0.2) is 0 Å². The number of hydrogen-bond donors (Lipinski definition) is 2. The number of amides is 1. The zero-order chi connectivity index (χ0) is 65.5. The number of likely N-dealkylation sites (N-methyl/N-ethyl adjacent to an activating group) is 1. The summed E-state index contributed by atoms with van der Waals surface area (Å²) in [7, 11) is 1.28. The molecular weight excluding hydrogens is 1130 g/mol. The average Bonchev–Trinajstić information content (AvgIpc) is 3.72. The normalized spacial score (nSPS) is 14.3. The Labute approximate surface area is 557 Å². The van der Waals surface area contributed by atoms with E-state index in [0.717, 1.165) is 128 Å². The molecule has 0 aliphatic rings. The summed E-state index contributed by atoms with van der Waals surface area (Å²) in [6.45, 7) is 4.62. The Morgan fingerprint density at radius 2 is 0.678 bits per heavy atom. The van der Waals surface area contributed by atoms with Gasteiger partial charge >= 0.3 is 0 Å². The van der Waals surface area contributed by atoms with Crippen molar-refractivity contribution in [1.29, 1.82) is 0 Å². The molecule has 1 amide bonds. The van der Waals surface area contributed by atoms with Gasteiger partial charge in [0.2, 0.25) is 5.91 Å². The first-order valence-corrected chi connectivity index (χ1v) is 39.0.